The second-order valence-electron chi connectivity index (χ2n) is 9.53. The van der Waals surface area contributed by atoms with Gasteiger partial charge in [0.05, 0.1) is 6.16 Å². The molecule has 0 aliphatic rings. The van der Waals surface area contributed by atoms with E-state index in [1.54, 1.807) is 0 Å². The fourth-order valence-electron chi connectivity index (χ4n) is 2.80. The van der Waals surface area contributed by atoms with Crippen molar-refractivity contribution in [3.63, 3.8) is 0 Å². The largest absolute Gasteiger partial charge is 0.289 e. The second kappa shape index (κ2) is 6.40. The lowest BCUT2D eigenvalue weighted by atomic mass is 9.72. The summed E-state index contributed by atoms with van der Waals surface area (Å²) in [6.07, 6.45) is 0.222. The number of rotatable bonds is 2. The Morgan fingerprint density at radius 1 is 0.783 bits per heavy atom. The summed E-state index contributed by atoms with van der Waals surface area (Å²) < 4.78 is 12.2. The quantitative estimate of drug-likeness (QED) is 0.482. The molecule has 0 saturated heterocycles. The highest BCUT2D eigenvalue weighted by Crippen LogP contribution is 2.60. The van der Waals surface area contributed by atoms with Gasteiger partial charge in [-0.15, -0.1) is 0 Å². The third-order valence-electron chi connectivity index (χ3n) is 4.07. The first-order chi connectivity index (χ1) is 9.93. The third-order valence-corrected chi connectivity index (χ3v) is 5.48. The van der Waals surface area contributed by atoms with E-state index in [0.717, 1.165) is 5.56 Å². The minimum absolute atomic E-state index is 0.0458. The van der Waals surface area contributed by atoms with Crippen LogP contribution < -0.4 is 0 Å². The van der Waals surface area contributed by atoms with Crippen LogP contribution in [0.2, 0.25) is 0 Å². The van der Waals surface area contributed by atoms with Crippen LogP contribution in [0.15, 0.2) is 12.1 Å². The zero-order valence-electron chi connectivity index (χ0n) is 16.0. The fraction of sp³-hybridized carbons (Fsp3) is 0.684. The lowest BCUT2D eigenvalue weighted by molar-refractivity contribution is 0.540. The van der Waals surface area contributed by atoms with Crippen molar-refractivity contribution in [3.05, 3.63) is 34.4 Å². The maximum atomic E-state index is 12.2. The van der Waals surface area contributed by atoms with Crippen LogP contribution in [0, 0.1) is 0 Å². The van der Waals surface area contributed by atoms with Crippen molar-refractivity contribution in [2.75, 3.05) is 0 Å². The van der Waals surface area contributed by atoms with Crippen LogP contribution in [0.5, 0.6) is 0 Å². The average molecular weight is 377 g/mol. The summed E-state index contributed by atoms with van der Waals surface area (Å²) in [4.78, 5) is 0. The molecule has 4 heteroatoms. The Balaban J connectivity index is 3.86. The van der Waals surface area contributed by atoms with Crippen molar-refractivity contribution < 1.29 is 4.57 Å². The van der Waals surface area contributed by atoms with Gasteiger partial charge in [0.25, 0.3) is 5.85 Å². The highest BCUT2D eigenvalue weighted by molar-refractivity contribution is 8.08. The number of hydrogen-bond donors (Lipinski definition) is 0. The molecule has 0 atom stereocenters. The van der Waals surface area contributed by atoms with Crippen molar-refractivity contribution >= 4 is 28.3 Å². The van der Waals surface area contributed by atoms with Crippen molar-refractivity contribution in [1.29, 1.82) is 0 Å². The molecule has 0 radical (unpaired) electrons. The van der Waals surface area contributed by atoms with E-state index in [1.807, 2.05) is 0 Å². The molecule has 0 saturated carbocycles. The van der Waals surface area contributed by atoms with E-state index in [4.69, 9.17) is 22.5 Å². The van der Waals surface area contributed by atoms with E-state index in [9.17, 15) is 4.57 Å². The van der Waals surface area contributed by atoms with E-state index in [2.05, 4.69) is 74.4 Å². The van der Waals surface area contributed by atoms with E-state index < -0.39 is 5.85 Å². The SMILES string of the molecule is CC(C)(C)c1cc(C(C)(C)C)c(CP(=O)(Cl)Cl)c(C(C)(C)C)c1. The minimum Gasteiger partial charge on any atom is -0.289 e. The zero-order valence-corrected chi connectivity index (χ0v) is 18.4. The molecular weight excluding hydrogens is 346 g/mol. The van der Waals surface area contributed by atoms with Gasteiger partial charge < -0.3 is 0 Å². The Hall–Kier alpha value is 0.0300. The molecule has 0 spiro atoms. The molecule has 23 heavy (non-hydrogen) atoms. The van der Waals surface area contributed by atoms with Crippen molar-refractivity contribution in [1.82, 2.24) is 0 Å². The summed E-state index contributed by atoms with van der Waals surface area (Å²) in [7, 11) is 0. The first-order valence-electron chi connectivity index (χ1n) is 8.10. The van der Waals surface area contributed by atoms with Crippen molar-refractivity contribution in [3.8, 4) is 0 Å². The molecular formula is C19H31Cl2OP. The summed E-state index contributed by atoms with van der Waals surface area (Å²) in [5.41, 5.74) is 4.62. The van der Waals surface area contributed by atoms with Crippen LogP contribution in [0.3, 0.4) is 0 Å². The topological polar surface area (TPSA) is 17.1 Å². The minimum atomic E-state index is -3.19. The van der Waals surface area contributed by atoms with Gasteiger partial charge in [-0.1, -0.05) is 74.4 Å². The third kappa shape index (κ3) is 5.80. The van der Waals surface area contributed by atoms with Gasteiger partial charge in [0.15, 0.2) is 0 Å². The van der Waals surface area contributed by atoms with E-state index >= 15 is 0 Å². The molecule has 0 aliphatic carbocycles. The smallest absolute Gasteiger partial charge is 0.257 e. The van der Waals surface area contributed by atoms with Gasteiger partial charge >= 0.3 is 0 Å². The molecule has 0 heterocycles. The van der Waals surface area contributed by atoms with Gasteiger partial charge in [-0.05, 0) is 61.0 Å². The van der Waals surface area contributed by atoms with Crippen LogP contribution in [0.4, 0.5) is 0 Å². The molecule has 132 valence electrons. The van der Waals surface area contributed by atoms with Crippen LogP contribution in [0.1, 0.15) is 84.6 Å². The predicted octanol–water partition coefficient (Wildman–Crippen LogP) is 7.75. The van der Waals surface area contributed by atoms with Crippen LogP contribution in [-0.2, 0) is 27.0 Å². The highest BCUT2D eigenvalue weighted by atomic mass is 35.9. The number of hydrogen-bond acceptors (Lipinski definition) is 1. The van der Waals surface area contributed by atoms with Crippen LogP contribution in [-0.4, -0.2) is 0 Å². The number of benzene rings is 1. The Bertz CT molecular complexity index is 587. The first kappa shape index (κ1) is 21.1. The molecule has 1 aromatic carbocycles. The highest BCUT2D eigenvalue weighted by Gasteiger charge is 2.31. The Morgan fingerprint density at radius 3 is 1.35 bits per heavy atom. The molecule has 0 aliphatic heterocycles. The Morgan fingerprint density at radius 2 is 1.13 bits per heavy atom. The Kier molecular flexibility index (Phi) is 5.86. The van der Waals surface area contributed by atoms with Gasteiger partial charge in [-0.25, -0.2) is 0 Å². The monoisotopic (exact) mass is 376 g/mol. The van der Waals surface area contributed by atoms with Crippen LogP contribution in [0.25, 0.3) is 0 Å². The normalized spacial score (nSPS) is 14.2. The second-order valence-corrected chi connectivity index (χ2v) is 14.8. The lowest BCUT2D eigenvalue weighted by Gasteiger charge is -2.33. The standard InChI is InChI=1S/C19H31Cl2OP/c1-17(2,3)13-10-15(18(4,5)6)14(12-23(20,21)22)16(11-13)19(7,8)9/h10-11H,12H2,1-9H3. The molecule has 0 unspecified atom stereocenters. The summed E-state index contributed by atoms with van der Waals surface area (Å²) >= 11 is 11.9. The van der Waals surface area contributed by atoms with Gasteiger partial charge in [0.2, 0.25) is 0 Å². The molecule has 1 aromatic rings. The molecule has 1 nitrogen and oxygen atoms in total. The number of halogens is 2. The Labute approximate surface area is 152 Å². The van der Waals surface area contributed by atoms with Gasteiger partial charge in [-0.2, -0.15) is 0 Å². The zero-order chi connectivity index (χ0) is 18.4. The summed E-state index contributed by atoms with van der Waals surface area (Å²) in [6.45, 7) is 19.7. The molecule has 0 aromatic heterocycles. The molecule has 0 bridgehead atoms. The van der Waals surface area contributed by atoms with Crippen molar-refractivity contribution in [2.45, 2.75) is 84.7 Å². The molecule has 0 amide bonds. The first-order valence-corrected chi connectivity index (χ1v) is 11.8. The maximum absolute atomic E-state index is 12.2. The maximum Gasteiger partial charge on any atom is 0.257 e. The fourth-order valence-corrected chi connectivity index (χ4v) is 4.22. The van der Waals surface area contributed by atoms with E-state index in [-0.39, 0.29) is 22.4 Å². The van der Waals surface area contributed by atoms with E-state index in [0.29, 0.717) is 0 Å². The van der Waals surface area contributed by atoms with Gasteiger partial charge in [0.1, 0.15) is 0 Å². The molecule has 0 N–H and O–H groups in total. The summed E-state index contributed by atoms with van der Waals surface area (Å²) in [6, 6.07) is 4.49. The van der Waals surface area contributed by atoms with Crippen molar-refractivity contribution in [2.24, 2.45) is 0 Å². The average Bonchev–Trinajstić information content (AvgIpc) is 2.21. The summed E-state index contributed by atoms with van der Waals surface area (Å²) in [5.74, 6) is -3.19. The molecule has 1 rings (SSSR count). The predicted molar refractivity (Wildman–Crippen MR) is 106 cm³/mol. The van der Waals surface area contributed by atoms with Crippen LogP contribution >= 0.6 is 28.3 Å². The molecule has 0 fully saturated rings. The summed E-state index contributed by atoms with van der Waals surface area (Å²) in [5, 5.41) is 0. The van der Waals surface area contributed by atoms with Gasteiger partial charge in [0, 0.05) is 0 Å². The lowest BCUT2D eigenvalue weighted by Crippen LogP contribution is -2.24. The van der Waals surface area contributed by atoms with Gasteiger partial charge in [-0.3, -0.25) is 4.57 Å². The van der Waals surface area contributed by atoms with E-state index in [1.165, 1.54) is 16.7 Å².